The summed E-state index contributed by atoms with van der Waals surface area (Å²) < 4.78 is 12.2. The molecule has 204 valence electrons. The molecular weight excluding hydrogens is 726 g/mol. The van der Waals surface area contributed by atoms with Crippen LogP contribution in [0.1, 0.15) is 76.8 Å². The SMILES string of the molecule is O=C(I)c1ccc(Oc2ccc(C3(c4ccc(Oc5ccc(C(=O)I)cc5)cc4)CCCCCCC3)cc2)cc1. The van der Waals surface area contributed by atoms with E-state index in [2.05, 4.69) is 48.5 Å². The van der Waals surface area contributed by atoms with E-state index in [1.165, 1.54) is 43.2 Å². The van der Waals surface area contributed by atoms with Gasteiger partial charge in [0.25, 0.3) is 0 Å². The molecule has 6 heteroatoms. The predicted molar refractivity (Wildman–Crippen MR) is 176 cm³/mol. The van der Waals surface area contributed by atoms with Crippen molar-refractivity contribution >= 4 is 52.8 Å². The number of carbonyl (C=O) groups excluding carboxylic acids is 2. The van der Waals surface area contributed by atoms with Crippen molar-refractivity contribution in [3.63, 3.8) is 0 Å². The Morgan fingerprint density at radius 3 is 1.10 bits per heavy atom. The summed E-state index contributed by atoms with van der Waals surface area (Å²) in [6.45, 7) is 0. The molecule has 0 amide bonds. The maximum Gasteiger partial charge on any atom is 0.222 e. The average molecular weight is 756 g/mol. The van der Waals surface area contributed by atoms with Gasteiger partial charge in [-0.15, -0.1) is 0 Å². The molecule has 0 heterocycles. The van der Waals surface area contributed by atoms with Crippen molar-refractivity contribution in [3.8, 4) is 23.0 Å². The molecule has 4 aromatic carbocycles. The molecule has 1 fully saturated rings. The highest BCUT2D eigenvalue weighted by atomic mass is 127. The van der Waals surface area contributed by atoms with Crippen LogP contribution in [0, 0.1) is 0 Å². The van der Waals surface area contributed by atoms with Crippen LogP contribution in [0.3, 0.4) is 0 Å². The first-order valence-electron chi connectivity index (χ1n) is 13.6. The smallest absolute Gasteiger partial charge is 0.222 e. The van der Waals surface area contributed by atoms with Gasteiger partial charge in [0.2, 0.25) is 7.58 Å². The number of ether oxygens (including phenoxy) is 2. The molecule has 40 heavy (non-hydrogen) atoms. The van der Waals surface area contributed by atoms with E-state index in [0.29, 0.717) is 22.6 Å². The lowest BCUT2D eigenvalue weighted by Gasteiger charge is -2.37. The van der Waals surface area contributed by atoms with Gasteiger partial charge in [-0.1, -0.05) is 56.4 Å². The molecule has 4 aromatic rings. The van der Waals surface area contributed by atoms with Gasteiger partial charge < -0.3 is 9.47 Å². The first-order chi connectivity index (χ1) is 19.4. The summed E-state index contributed by atoms with van der Waals surface area (Å²) in [6, 6.07) is 31.5. The number of hydrogen-bond donors (Lipinski definition) is 0. The highest BCUT2D eigenvalue weighted by molar-refractivity contribution is 14.1. The van der Waals surface area contributed by atoms with E-state index in [0.717, 1.165) is 24.3 Å². The topological polar surface area (TPSA) is 52.6 Å². The van der Waals surface area contributed by atoms with Crippen LogP contribution in [0.5, 0.6) is 23.0 Å². The van der Waals surface area contributed by atoms with Crippen molar-refractivity contribution in [1.82, 2.24) is 0 Å². The fraction of sp³-hybridized carbons (Fsp3) is 0.235. The highest BCUT2D eigenvalue weighted by Gasteiger charge is 2.34. The van der Waals surface area contributed by atoms with Crippen LogP contribution in [-0.4, -0.2) is 7.58 Å². The Labute approximate surface area is 262 Å². The largest absolute Gasteiger partial charge is 0.457 e. The van der Waals surface area contributed by atoms with E-state index in [9.17, 15) is 9.59 Å². The van der Waals surface area contributed by atoms with E-state index in [-0.39, 0.29) is 13.0 Å². The Morgan fingerprint density at radius 1 is 0.475 bits per heavy atom. The molecule has 1 saturated carbocycles. The van der Waals surface area contributed by atoms with Crippen LogP contribution in [0.4, 0.5) is 0 Å². The second kappa shape index (κ2) is 13.3. The van der Waals surface area contributed by atoms with Gasteiger partial charge in [0, 0.05) is 61.7 Å². The number of rotatable bonds is 8. The fourth-order valence-electron chi connectivity index (χ4n) is 5.52. The number of hydrogen-bond acceptors (Lipinski definition) is 4. The van der Waals surface area contributed by atoms with Crippen molar-refractivity contribution in [2.75, 3.05) is 0 Å². The molecule has 5 rings (SSSR count). The average Bonchev–Trinajstić information content (AvgIpc) is 2.95. The van der Waals surface area contributed by atoms with E-state index in [1.54, 1.807) is 69.4 Å². The summed E-state index contributed by atoms with van der Waals surface area (Å²) in [4.78, 5) is 23.1. The minimum atomic E-state index is -0.0674. The molecule has 0 unspecified atom stereocenters. The Morgan fingerprint density at radius 2 is 0.775 bits per heavy atom. The Hall–Kier alpha value is -2.72. The third-order valence-electron chi connectivity index (χ3n) is 7.65. The maximum atomic E-state index is 11.6. The van der Waals surface area contributed by atoms with Crippen molar-refractivity contribution in [2.24, 2.45) is 0 Å². The highest BCUT2D eigenvalue weighted by Crippen LogP contribution is 2.44. The van der Waals surface area contributed by atoms with Crippen LogP contribution in [0.15, 0.2) is 97.1 Å². The van der Waals surface area contributed by atoms with Gasteiger partial charge in [-0.3, -0.25) is 9.59 Å². The zero-order valence-corrected chi connectivity index (χ0v) is 26.4. The van der Waals surface area contributed by atoms with Gasteiger partial charge in [0.05, 0.1) is 0 Å². The van der Waals surface area contributed by atoms with Gasteiger partial charge in [0.1, 0.15) is 23.0 Å². The lowest BCUT2D eigenvalue weighted by atomic mass is 9.67. The van der Waals surface area contributed by atoms with Crippen LogP contribution in [-0.2, 0) is 5.41 Å². The summed E-state index contributed by atoms with van der Waals surface area (Å²) >= 11 is 3.58. The molecular formula is C34H30I2O4. The molecule has 0 N–H and O–H groups in total. The predicted octanol–water partition coefficient (Wildman–Crippen LogP) is 10.5. The first kappa shape index (κ1) is 28.8. The molecule has 0 spiro atoms. The van der Waals surface area contributed by atoms with Crippen molar-refractivity contribution < 1.29 is 19.1 Å². The monoisotopic (exact) mass is 756 g/mol. The summed E-state index contributed by atoms with van der Waals surface area (Å²) in [6.07, 6.45) is 8.42. The lowest BCUT2D eigenvalue weighted by molar-refractivity contribution is 0.109. The third kappa shape index (κ3) is 6.94. The molecule has 1 aliphatic rings. The van der Waals surface area contributed by atoms with Crippen LogP contribution in [0.25, 0.3) is 0 Å². The minimum absolute atomic E-state index is 0.0145. The van der Waals surface area contributed by atoms with Crippen molar-refractivity contribution in [1.29, 1.82) is 0 Å². The molecule has 0 saturated heterocycles. The van der Waals surface area contributed by atoms with Gasteiger partial charge in [-0.2, -0.15) is 0 Å². The summed E-state index contributed by atoms with van der Waals surface area (Å²) in [7, 11) is 0. The van der Waals surface area contributed by atoms with Crippen LogP contribution < -0.4 is 9.47 Å². The van der Waals surface area contributed by atoms with Crippen LogP contribution in [0.2, 0.25) is 0 Å². The number of carbonyl (C=O) groups is 2. The van der Waals surface area contributed by atoms with Gasteiger partial charge in [0.15, 0.2) is 0 Å². The van der Waals surface area contributed by atoms with Gasteiger partial charge in [-0.05, 0) is 96.8 Å². The number of benzene rings is 4. The normalized spacial score (nSPS) is 14.9. The van der Waals surface area contributed by atoms with E-state index in [1.807, 2.05) is 24.3 Å². The number of halogens is 2. The van der Waals surface area contributed by atoms with Crippen molar-refractivity contribution in [3.05, 3.63) is 119 Å². The van der Waals surface area contributed by atoms with E-state index >= 15 is 0 Å². The lowest BCUT2D eigenvalue weighted by Crippen LogP contribution is -2.28. The van der Waals surface area contributed by atoms with E-state index in [4.69, 9.17) is 9.47 Å². The Bertz CT molecular complexity index is 1330. The second-order valence-electron chi connectivity index (χ2n) is 10.2. The second-order valence-corrected chi connectivity index (χ2v) is 12.2. The Balaban J connectivity index is 1.37. The Kier molecular flexibility index (Phi) is 9.57. The molecule has 0 aromatic heterocycles. The standard InChI is InChI=1S/C34H30I2O4/c35-32(37)24-6-14-28(15-7-24)39-30-18-10-26(11-19-30)34(22-4-2-1-3-5-23-34)27-12-20-31(21-13-27)40-29-16-8-25(9-17-29)33(36)38/h6-21H,1-5,22-23H2. The first-order valence-corrected chi connectivity index (χ1v) is 15.8. The van der Waals surface area contributed by atoms with Crippen LogP contribution >= 0.6 is 45.2 Å². The molecule has 1 aliphatic carbocycles. The zero-order valence-electron chi connectivity index (χ0n) is 22.1. The zero-order chi connectivity index (χ0) is 28.0. The summed E-state index contributed by atoms with van der Waals surface area (Å²) in [5.74, 6) is 2.97. The molecule has 0 aliphatic heterocycles. The maximum absolute atomic E-state index is 11.6. The van der Waals surface area contributed by atoms with Crippen molar-refractivity contribution in [2.45, 2.75) is 50.4 Å². The molecule has 0 radical (unpaired) electrons. The summed E-state index contributed by atoms with van der Waals surface area (Å²) in [5.41, 5.74) is 3.87. The fourth-order valence-corrected chi connectivity index (χ4v) is 6.24. The van der Waals surface area contributed by atoms with Gasteiger partial charge >= 0.3 is 0 Å². The quantitative estimate of drug-likeness (QED) is 0.133. The summed E-state index contributed by atoms with van der Waals surface area (Å²) in [5, 5.41) is 0. The molecule has 0 atom stereocenters. The molecule has 4 nitrogen and oxygen atoms in total. The van der Waals surface area contributed by atoms with E-state index < -0.39 is 0 Å². The minimum Gasteiger partial charge on any atom is -0.457 e. The molecule has 0 bridgehead atoms. The third-order valence-corrected chi connectivity index (χ3v) is 8.90. The van der Waals surface area contributed by atoms with Gasteiger partial charge in [-0.25, -0.2) is 0 Å².